The molecule has 0 radical (unpaired) electrons. The number of ether oxygens (including phenoxy) is 5. The lowest BCUT2D eigenvalue weighted by molar-refractivity contribution is -0.265. The van der Waals surface area contributed by atoms with Gasteiger partial charge >= 0.3 is 5.97 Å². The maximum absolute atomic E-state index is 14.4. The summed E-state index contributed by atoms with van der Waals surface area (Å²) >= 11 is 0. The molecule has 0 aromatic carbocycles. The molecule has 3 fully saturated rings. The molecule has 2 aliphatic heterocycles. The van der Waals surface area contributed by atoms with Crippen LogP contribution in [0.15, 0.2) is 52.8 Å². The van der Waals surface area contributed by atoms with Gasteiger partial charge in [-0.2, -0.15) is 0 Å². The summed E-state index contributed by atoms with van der Waals surface area (Å²) in [6.45, 7) is 16.6. The van der Waals surface area contributed by atoms with Crippen LogP contribution >= 0.6 is 0 Å². The van der Waals surface area contributed by atoms with Gasteiger partial charge in [-0.25, -0.2) is 4.79 Å². The van der Waals surface area contributed by atoms with Crippen molar-refractivity contribution >= 4 is 29.2 Å². The number of esters is 1. The molecule has 13 atom stereocenters. The minimum Gasteiger partial charge on any atom is -0.460 e. The molecule has 2 saturated heterocycles. The van der Waals surface area contributed by atoms with Gasteiger partial charge in [0, 0.05) is 58.3 Å². The molecule has 1 saturated carbocycles. The molecule has 0 aromatic rings. The summed E-state index contributed by atoms with van der Waals surface area (Å²) < 4.78 is 29.2. The van der Waals surface area contributed by atoms with Gasteiger partial charge in [0.05, 0.1) is 24.4 Å². The molecule has 0 spiro atoms. The number of hydrogen-bond acceptors (Lipinski definition) is 13. The topological polar surface area (TPSA) is 202 Å². The zero-order valence-electron chi connectivity index (χ0n) is 41.8. The third kappa shape index (κ3) is 15.7. The lowest BCUT2D eigenvalue weighted by atomic mass is 9.78. The van der Waals surface area contributed by atoms with E-state index in [1.807, 2.05) is 65.8 Å². The number of nitrogens with zero attached hydrogens (tertiary/aromatic N) is 1. The van der Waals surface area contributed by atoms with Crippen LogP contribution in [-0.4, -0.2) is 132 Å². The van der Waals surface area contributed by atoms with Crippen LogP contribution in [-0.2, 0) is 42.9 Å². The summed E-state index contributed by atoms with van der Waals surface area (Å²) in [7, 11) is 4.58. The standard InChI is InChI=1S/C52H82N2O12/c1-31(2)18-14-13-15-19-33(5)43(62-10)29-39-23-21-37(9)52(61,66-39)49(58)50(59)54-25-17-16-20-40(54)51(60)65-44(35(7)27-38-22-24-41(55)45(28-38)63-11)30-42(56)34(6)26-36(8)47(57)48(64-12)46(53)32(3)4/h13-15,19,26,32,34-35,37-41,43-45,47-48,53,55,57,61H,16-17,20-25,27-30H2,1-12H3/b15-13+,33-19+,36-26+,53-46?/t34-,35-,37-,38+,39+,40?,41-,43+,44+,45-,47-,48+,52-/m1/s1. The molecular weight excluding hydrogens is 845 g/mol. The summed E-state index contributed by atoms with van der Waals surface area (Å²) in [5.74, 6) is -7.33. The average molecular weight is 927 g/mol. The number of likely N-dealkylation sites (tertiary alicyclic amines) is 1. The summed E-state index contributed by atoms with van der Waals surface area (Å²) in [4.78, 5) is 58.0. The second-order valence-corrected chi connectivity index (χ2v) is 19.6. The van der Waals surface area contributed by atoms with Crippen molar-refractivity contribution in [1.82, 2.24) is 4.90 Å². The van der Waals surface area contributed by atoms with Gasteiger partial charge in [-0.3, -0.25) is 14.4 Å². The van der Waals surface area contributed by atoms with E-state index in [0.717, 1.165) is 17.6 Å². The number of amides is 1. The maximum Gasteiger partial charge on any atom is 0.329 e. The lowest BCUT2D eigenvalue weighted by Crippen LogP contribution is -2.61. The van der Waals surface area contributed by atoms with Gasteiger partial charge < -0.3 is 49.3 Å². The molecule has 0 aromatic heterocycles. The number of hydrogen-bond donors (Lipinski definition) is 4. The zero-order chi connectivity index (χ0) is 49.5. The molecule has 0 bridgehead atoms. The van der Waals surface area contributed by atoms with E-state index in [2.05, 4.69) is 5.73 Å². The number of nitrogens with one attached hydrogen (secondary N) is 1. The van der Waals surface area contributed by atoms with Gasteiger partial charge in [-0.05, 0) is 126 Å². The van der Waals surface area contributed by atoms with E-state index < -0.39 is 71.8 Å². The number of ketones is 2. The first-order chi connectivity index (χ1) is 31.1. The van der Waals surface area contributed by atoms with Crippen LogP contribution in [0.5, 0.6) is 0 Å². The summed E-state index contributed by atoms with van der Waals surface area (Å²) in [6.07, 6.45) is 9.24. The van der Waals surface area contributed by atoms with E-state index in [9.17, 15) is 34.5 Å². The molecular formula is C52H82N2O12. The largest absolute Gasteiger partial charge is 0.460 e. The first kappa shape index (κ1) is 56.7. The number of piperidine rings is 1. The average Bonchev–Trinajstić information content (AvgIpc) is 3.28. The number of carbonyl (C=O) groups is 4. The van der Waals surface area contributed by atoms with Crippen LogP contribution in [0.25, 0.3) is 0 Å². The van der Waals surface area contributed by atoms with Crippen molar-refractivity contribution < 1.29 is 58.2 Å². The van der Waals surface area contributed by atoms with Crippen LogP contribution in [0.4, 0.5) is 0 Å². The first-order valence-corrected chi connectivity index (χ1v) is 24.0. The Morgan fingerprint density at radius 2 is 1.62 bits per heavy atom. The second-order valence-electron chi connectivity index (χ2n) is 19.6. The van der Waals surface area contributed by atoms with E-state index in [4.69, 9.17) is 29.1 Å². The van der Waals surface area contributed by atoms with Crippen molar-refractivity contribution in [3.63, 3.8) is 0 Å². The minimum atomic E-state index is -2.43. The molecule has 2 heterocycles. The Morgan fingerprint density at radius 1 is 0.924 bits per heavy atom. The number of carbonyl (C=O) groups excluding carboxylic acids is 4. The van der Waals surface area contributed by atoms with Crippen LogP contribution in [0.3, 0.4) is 0 Å². The van der Waals surface area contributed by atoms with E-state index in [1.165, 1.54) is 12.0 Å². The Morgan fingerprint density at radius 3 is 2.24 bits per heavy atom. The molecule has 372 valence electrons. The highest BCUT2D eigenvalue weighted by Gasteiger charge is 2.53. The zero-order valence-corrected chi connectivity index (χ0v) is 41.8. The molecule has 14 heteroatoms. The minimum absolute atomic E-state index is 0.0897. The Labute approximate surface area is 394 Å². The predicted octanol–water partition coefficient (Wildman–Crippen LogP) is 7.18. The number of aliphatic hydroxyl groups excluding tert-OH is 2. The SMILES string of the molecule is CO[C@@H](C[C@@H]1CC[C@@H](C)[C@](O)(C(=O)C(=O)N2CCCCC2C(=O)O[C@@H](CC(=O)[C@H](C)/C=C(\C)[C@@H](O)[C@@H](OC)C(=N)C(C)C)[C@H](C)C[C@@H]2CC[C@@H](O)[C@H](OC)C2)O1)/C(C)=C/C=C/C=C=C(C)C. The fourth-order valence-electron chi connectivity index (χ4n) is 9.39. The second kappa shape index (κ2) is 26.8. The van der Waals surface area contributed by atoms with Crippen molar-refractivity contribution in [2.24, 2.45) is 29.6 Å². The highest BCUT2D eigenvalue weighted by Crippen LogP contribution is 2.37. The smallest absolute Gasteiger partial charge is 0.329 e. The van der Waals surface area contributed by atoms with Gasteiger partial charge in [0.1, 0.15) is 30.1 Å². The highest BCUT2D eigenvalue weighted by molar-refractivity contribution is 6.39. The molecule has 4 N–H and O–H groups in total. The third-order valence-electron chi connectivity index (χ3n) is 13.8. The Kier molecular flexibility index (Phi) is 23.1. The van der Waals surface area contributed by atoms with Crippen molar-refractivity contribution in [3.05, 3.63) is 52.8 Å². The van der Waals surface area contributed by atoms with Gasteiger partial charge in [-0.15, -0.1) is 5.73 Å². The third-order valence-corrected chi connectivity index (χ3v) is 13.8. The van der Waals surface area contributed by atoms with Crippen LogP contribution < -0.4 is 0 Å². The normalized spacial score (nSPS) is 28.2. The molecule has 1 amide bonds. The Bertz CT molecular complexity index is 1810. The van der Waals surface area contributed by atoms with E-state index in [0.29, 0.717) is 56.9 Å². The molecule has 14 nitrogen and oxygen atoms in total. The van der Waals surface area contributed by atoms with Gasteiger partial charge in [0.15, 0.2) is 0 Å². The maximum atomic E-state index is 14.4. The van der Waals surface area contributed by atoms with E-state index in [-0.39, 0.29) is 60.8 Å². The summed E-state index contributed by atoms with van der Waals surface area (Å²) in [6, 6.07) is -1.14. The van der Waals surface area contributed by atoms with E-state index >= 15 is 0 Å². The fraction of sp³-hybridized carbons (Fsp3) is 0.731. The summed E-state index contributed by atoms with van der Waals surface area (Å²) in [5.41, 5.74) is 5.78. The number of rotatable bonds is 23. The highest BCUT2D eigenvalue weighted by atomic mass is 16.6. The Balaban J connectivity index is 1.85. The summed E-state index contributed by atoms with van der Waals surface area (Å²) in [5, 5.41) is 41.9. The molecule has 3 rings (SSSR count). The van der Waals surface area contributed by atoms with Crippen molar-refractivity contribution in [2.75, 3.05) is 27.9 Å². The monoisotopic (exact) mass is 927 g/mol. The van der Waals surface area contributed by atoms with Gasteiger partial charge in [0.25, 0.3) is 11.7 Å². The van der Waals surface area contributed by atoms with E-state index in [1.54, 1.807) is 41.1 Å². The lowest BCUT2D eigenvalue weighted by Gasteiger charge is -2.42. The molecule has 66 heavy (non-hydrogen) atoms. The Hall–Kier alpha value is -3.59. The number of allylic oxidation sites excluding steroid dienone is 5. The van der Waals surface area contributed by atoms with Gasteiger partial charge in [0.2, 0.25) is 5.79 Å². The number of methoxy groups -OCH3 is 3. The van der Waals surface area contributed by atoms with Crippen LogP contribution in [0.1, 0.15) is 133 Å². The molecule has 3 aliphatic rings. The molecule has 1 unspecified atom stereocenters. The van der Waals surface area contributed by atoms with Crippen molar-refractivity contribution in [3.8, 4) is 0 Å². The van der Waals surface area contributed by atoms with Crippen molar-refractivity contribution in [2.45, 2.75) is 187 Å². The fourth-order valence-corrected chi connectivity index (χ4v) is 9.39. The molecule has 1 aliphatic carbocycles. The van der Waals surface area contributed by atoms with Crippen LogP contribution in [0, 0.1) is 35.0 Å². The quantitative estimate of drug-likeness (QED) is 0.0201. The number of aliphatic hydroxyl groups is 3. The van der Waals surface area contributed by atoms with Gasteiger partial charge in [-0.1, -0.05) is 58.9 Å². The number of Topliss-reactive ketones (excluding diaryl/α,β-unsaturated/α-hetero) is 2. The first-order valence-electron chi connectivity index (χ1n) is 24.0. The van der Waals surface area contributed by atoms with Crippen molar-refractivity contribution in [1.29, 1.82) is 5.41 Å². The van der Waals surface area contributed by atoms with Crippen LogP contribution in [0.2, 0.25) is 0 Å². The predicted molar refractivity (Wildman–Crippen MR) is 254 cm³/mol.